The number of rotatable bonds is 12. The number of carbonyl (C=O) groups is 1. The molecule has 1 atom stereocenters. The van der Waals surface area contributed by atoms with Crippen molar-refractivity contribution in [1.29, 1.82) is 5.26 Å². The highest BCUT2D eigenvalue weighted by atomic mass is 35.5. The minimum absolute atomic E-state index is 0. The lowest BCUT2D eigenvalue weighted by Gasteiger charge is -2.28. The van der Waals surface area contributed by atoms with Gasteiger partial charge in [-0.1, -0.05) is 24.3 Å². The summed E-state index contributed by atoms with van der Waals surface area (Å²) < 4.78 is 10.8. The fraction of sp³-hybridized carbons (Fsp3) is 0.500. The topological polar surface area (TPSA) is 91.6 Å². The van der Waals surface area contributed by atoms with Gasteiger partial charge in [-0.05, 0) is 87.3 Å². The summed E-state index contributed by atoms with van der Waals surface area (Å²) in [5.41, 5.74) is 5.35. The number of hydrogen-bond donors (Lipinski definition) is 2. The second kappa shape index (κ2) is 13.5. The molecule has 1 aliphatic carbocycles. The summed E-state index contributed by atoms with van der Waals surface area (Å²) >= 11 is 0. The van der Waals surface area contributed by atoms with Crippen LogP contribution in [0.4, 0.5) is 0 Å². The van der Waals surface area contributed by atoms with Gasteiger partial charge in [0, 0.05) is 18.5 Å². The number of aryl methyl sites for hydroxylation is 3. The molecule has 0 radical (unpaired) electrons. The van der Waals surface area contributed by atoms with Crippen molar-refractivity contribution in [1.82, 2.24) is 5.32 Å². The fourth-order valence-corrected chi connectivity index (χ4v) is 4.36. The molecule has 0 saturated carbocycles. The number of aliphatic hydroxyl groups excluding tert-OH is 1. The lowest BCUT2D eigenvalue weighted by atomic mass is 9.93. The maximum Gasteiger partial charge on any atom is 0.306 e. The first-order chi connectivity index (χ1) is 16.3. The summed E-state index contributed by atoms with van der Waals surface area (Å²) in [5, 5.41) is 23.3. The third-order valence-electron chi connectivity index (χ3n) is 6.15. The third-order valence-corrected chi connectivity index (χ3v) is 6.15. The first-order valence-corrected chi connectivity index (χ1v) is 12.1. The van der Waals surface area contributed by atoms with Crippen LogP contribution in [0.3, 0.4) is 0 Å². The fourth-order valence-electron chi connectivity index (χ4n) is 4.36. The Morgan fingerprint density at radius 1 is 1.17 bits per heavy atom. The van der Waals surface area contributed by atoms with Crippen LogP contribution < -0.4 is 10.1 Å². The minimum atomic E-state index is -0.728. The van der Waals surface area contributed by atoms with Crippen LogP contribution in [0, 0.1) is 11.3 Å². The Bertz CT molecular complexity index is 1030. The standard InChI is InChI=1S/C28H36N2O4.ClH/c1-4-33-27(32)13-10-20-8-12-24(17-29)26(15-20)34-19-25(31)18-30-28(2,3)16-21-9-11-22-6-5-7-23(22)14-21;/h8-9,11-12,14-15,25,30-31H,4-7,10,13,16,18-19H2,1-3H3;1H/t25-;/m0./s1. The van der Waals surface area contributed by atoms with Gasteiger partial charge in [-0.2, -0.15) is 5.26 Å². The Kier molecular flexibility index (Phi) is 11.0. The van der Waals surface area contributed by atoms with Gasteiger partial charge in [0.25, 0.3) is 0 Å². The van der Waals surface area contributed by atoms with Gasteiger partial charge in [-0.15, -0.1) is 12.4 Å². The predicted octanol–water partition coefficient (Wildman–Crippen LogP) is 4.32. The van der Waals surface area contributed by atoms with Crippen LogP contribution >= 0.6 is 12.4 Å². The number of benzene rings is 2. The lowest BCUT2D eigenvalue weighted by molar-refractivity contribution is -0.143. The van der Waals surface area contributed by atoms with Crippen LogP contribution in [-0.2, 0) is 35.2 Å². The van der Waals surface area contributed by atoms with E-state index >= 15 is 0 Å². The summed E-state index contributed by atoms with van der Waals surface area (Å²) in [5.74, 6) is 0.165. The number of halogens is 1. The Morgan fingerprint density at radius 3 is 2.66 bits per heavy atom. The summed E-state index contributed by atoms with van der Waals surface area (Å²) in [6.45, 7) is 6.85. The van der Waals surface area contributed by atoms with Crippen LogP contribution in [0.5, 0.6) is 5.75 Å². The molecule has 0 bridgehead atoms. The van der Waals surface area contributed by atoms with Gasteiger partial charge in [0.1, 0.15) is 24.5 Å². The Labute approximate surface area is 215 Å². The highest BCUT2D eigenvalue weighted by molar-refractivity contribution is 5.85. The number of esters is 1. The molecular weight excluding hydrogens is 464 g/mol. The zero-order valence-electron chi connectivity index (χ0n) is 20.9. The van der Waals surface area contributed by atoms with Crippen molar-refractivity contribution in [2.24, 2.45) is 0 Å². The lowest BCUT2D eigenvalue weighted by Crippen LogP contribution is -2.46. The Morgan fingerprint density at radius 2 is 1.91 bits per heavy atom. The smallest absolute Gasteiger partial charge is 0.306 e. The number of aliphatic hydroxyl groups is 1. The van der Waals surface area contributed by atoms with Crippen LogP contribution in [0.2, 0.25) is 0 Å². The highest BCUT2D eigenvalue weighted by Crippen LogP contribution is 2.25. The van der Waals surface area contributed by atoms with E-state index in [2.05, 4.69) is 43.4 Å². The van der Waals surface area contributed by atoms with Crippen molar-refractivity contribution >= 4 is 18.4 Å². The van der Waals surface area contributed by atoms with E-state index < -0.39 is 6.10 Å². The van der Waals surface area contributed by atoms with Gasteiger partial charge >= 0.3 is 5.97 Å². The van der Waals surface area contributed by atoms with E-state index in [1.54, 1.807) is 19.1 Å². The van der Waals surface area contributed by atoms with E-state index in [9.17, 15) is 15.2 Å². The molecule has 0 saturated heterocycles. The van der Waals surface area contributed by atoms with Crippen LogP contribution in [0.1, 0.15) is 61.4 Å². The molecule has 35 heavy (non-hydrogen) atoms. The molecule has 2 aromatic carbocycles. The predicted molar refractivity (Wildman–Crippen MR) is 139 cm³/mol. The molecule has 0 heterocycles. The molecular formula is C28H37ClN2O4. The van der Waals surface area contributed by atoms with Crippen molar-refractivity contribution in [3.05, 3.63) is 64.2 Å². The van der Waals surface area contributed by atoms with Crippen molar-refractivity contribution < 1.29 is 19.4 Å². The molecule has 0 aliphatic heterocycles. The average Bonchev–Trinajstić information content (AvgIpc) is 3.28. The first kappa shape index (κ1) is 28.6. The Hall–Kier alpha value is -2.59. The largest absolute Gasteiger partial charge is 0.489 e. The van der Waals surface area contributed by atoms with E-state index in [4.69, 9.17) is 9.47 Å². The van der Waals surface area contributed by atoms with E-state index in [-0.39, 0.29) is 36.9 Å². The molecule has 190 valence electrons. The second-order valence-corrected chi connectivity index (χ2v) is 9.61. The SMILES string of the molecule is CCOC(=O)CCc1ccc(C#N)c(OC[C@@H](O)CNC(C)(C)Cc2ccc3c(c2)CCC3)c1.Cl. The second-order valence-electron chi connectivity index (χ2n) is 9.61. The summed E-state index contributed by atoms with van der Waals surface area (Å²) in [6.07, 6.45) is 4.51. The van der Waals surface area contributed by atoms with Crippen LogP contribution in [-0.4, -0.2) is 42.5 Å². The maximum absolute atomic E-state index is 11.6. The zero-order valence-corrected chi connectivity index (χ0v) is 21.7. The number of ether oxygens (including phenoxy) is 2. The van der Waals surface area contributed by atoms with Crippen LogP contribution in [0.15, 0.2) is 36.4 Å². The third kappa shape index (κ3) is 8.85. The van der Waals surface area contributed by atoms with Crippen molar-refractivity contribution in [3.63, 3.8) is 0 Å². The summed E-state index contributed by atoms with van der Waals surface area (Å²) in [7, 11) is 0. The molecule has 1 aliphatic rings. The molecule has 0 unspecified atom stereocenters. The Balaban J connectivity index is 0.00000432. The molecule has 0 aromatic heterocycles. The molecule has 7 heteroatoms. The van der Waals surface area contributed by atoms with Crippen molar-refractivity contribution in [2.45, 2.75) is 70.9 Å². The number of fused-ring (bicyclic) bond motifs is 1. The molecule has 0 fully saturated rings. The molecule has 2 N–H and O–H groups in total. The van der Waals surface area contributed by atoms with Gasteiger partial charge in [0.2, 0.25) is 0 Å². The summed E-state index contributed by atoms with van der Waals surface area (Å²) in [6, 6.07) is 14.2. The minimum Gasteiger partial charge on any atom is -0.489 e. The quantitative estimate of drug-likeness (QED) is 0.422. The van der Waals surface area contributed by atoms with E-state index in [0.717, 1.165) is 12.0 Å². The first-order valence-electron chi connectivity index (χ1n) is 12.1. The summed E-state index contributed by atoms with van der Waals surface area (Å²) in [4.78, 5) is 11.6. The average molecular weight is 501 g/mol. The zero-order chi connectivity index (χ0) is 24.6. The molecule has 6 nitrogen and oxygen atoms in total. The molecule has 0 spiro atoms. The van der Waals surface area contributed by atoms with Gasteiger partial charge in [0.15, 0.2) is 0 Å². The molecule has 0 amide bonds. The molecule has 2 aromatic rings. The highest BCUT2D eigenvalue weighted by Gasteiger charge is 2.21. The maximum atomic E-state index is 11.6. The molecule has 3 rings (SSSR count). The number of β-amino-alcohol motifs (C(OH)–C–C–N with tert-alkyl or cyclic N) is 1. The van der Waals surface area contributed by atoms with Gasteiger partial charge in [-0.3, -0.25) is 4.79 Å². The monoisotopic (exact) mass is 500 g/mol. The number of nitriles is 1. The van der Waals surface area contributed by atoms with E-state index in [1.165, 1.54) is 36.0 Å². The van der Waals surface area contributed by atoms with Crippen LogP contribution in [0.25, 0.3) is 0 Å². The normalized spacial score (nSPS) is 13.3. The number of hydrogen-bond acceptors (Lipinski definition) is 6. The van der Waals surface area contributed by atoms with E-state index in [0.29, 0.717) is 30.9 Å². The van der Waals surface area contributed by atoms with Crippen molar-refractivity contribution in [3.8, 4) is 11.8 Å². The number of nitrogens with one attached hydrogen (secondary N) is 1. The number of carbonyl (C=O) groups excluding carboxylic acids is 1. The van der Waals surface area contributed by atoms with Gasteiger partial charge < -0.3 is 19.9 Å². The van der Waals surface area contributed by atoms with Crippen molar-refractivity contribution in [2.75, 3.05) is 19.8 Å². The van der Waals surface area contributed by atoms with E-state index in [1.807, 2.05) is 6.07 Å². The van der Waals surface area contributed by atoms with Gasteiger partial charge in [-0.25, -0.2) is 0 Å². The van der Waals surface area contributed by atoms with Gasteiger partial charge in [0.05, 0.1) is 12.2 Å². The number of nitrogens with zero attached hydrogens (tertiary/aromatic N) is 1.